The van der Waals surface area contributed by atoms with E-state index in [-0.39, 0.29) is 0 Å². The molecule has 0 radical (unpaired) electrons. The zero-order chi connectivity index (χ0) is 10.5. The molecular formula is C12H21N3. The van der Waals surface area contributed by atoms with Crippen LogP contribution in [-0.4, -0.2) is 15.8 Å². The van der Waals surface area contributed by atoms with Crippen molar-refractivity contribution < 1.29 is 0 Å². The first kappa shape index (κ1) is 10.7. The Kier molecular flexibility index (Phi) is 3.78. The summed E-state index contributed by atoms with van der Waals surface area (Å²) in [6, 6.07) is 2.90. The first-order valence-corrected chi connectivity index (χ1v) is 6.14. The molecule has 0 aromatic carbocycles. The topological polar surface area (TPSA) is 29.9 Å². The Labute approximate surface area is 91.9 Å². The van der Waals surface area contributed by atoms with Crippen molar-refractivity contribution in [1.82, 2.24) is 15.1 Å². The quantitative estimate of drug-likeness (QED) is 0.695. The minimum absolute atomic E-state index is 0.773. The number of nitrogens with one attached hydrogen (secondary N) is 1. The second-order valence-corrected chi connectivity index (χ2v) is 4.43. The van der Waals surface area contributed by atoms with E-state index in [1.165, 1.54) is 37.8 Å². The molecule has 1 aromatic rings. The molecule has 0 aliphatic heterocycles. The Morgan fingerprint density at radius 1 is 1.47 bits per heavy atom. The summed E-state index contributed by atoms with van der Waals surface area (Å²) in [6.07, 6.45) is 8.61. The number of rotatable bonds is 7. The van der Waals surface area contributed by atoms with Gasteiger partial charge >= 0.3 is 0 Å². The van der Waals surface area contributed by atoms with E-state index in [2.05, 4.69) is 34.3 Å². The van der Waals surface area contributed by atoms with Gasteiger partial charge in [0.2, 0.25) is 0 Å². The van der Waals surface area contributed by atoms with E-state index in [1.54, 1.807) is 0 Å². The van der Waals surface area contributed by atoms with Crippen molar-refractivity contribution in [3.63, 3.8) is 0 Å². The van der Waals surface area contributed by atoms with Gasteiger partial charge in [-0.3, -0.25) is 4.68 Å². The zero-order valence-corrected chi connectivity index (χ0v) is 9.58. The minimum Gasteiger partial charge on any atom is -0.308 e. The largest absolute Gasteiger partial charge is 0.308 e. The Morgan fingerprint density at radius 3 is 3.07 bits per heavy atom. The van der Waals surface area contributed by atoms with E-state index in [1.807, 2.05) is 0 Å². The highest BCUT2D eigenvalue weighted by Crippen LogP contribution is 2.18. The molecule has 1 heterocycles. The van der Waals surface area contributed by atoms with Crippen LogP contribution in [0.3, 0.4) is 0 Å². The summed E-state index contributed by atoms with van der Waals surface area (Å²) in [4.78, 5) is 0. The van der Waals surface area contributed by atoms with Crippen LogP contribution < -0.4 is 5.32 Å². The van der Waals surface area contributed by atoms with Crippen molar-refractivity contribution in [2.24, 2.45) is 0 Å². The molecule has 1 aliphatic carbocycles. The van der Waals surface area contributed by atoms with E-state index in [0.717, 1.165) is 19.1 Å². The number of hydrogen-bond acceptors (Lipinski definition) is 2. The Bertz CT molecular complexity index is 289. The fraction of sp³-hybridized carbons (Fsp3) is 0.750. The lowest BCUT2D eigenvalue weighted by Gasteiger charge is -2.00. The molecule has 0 saturated heterocycles. The van der Waals surface area contributed by atoms with Crippen molar-refractivity contribution in [3.05, 3.63) is 18.0 Å². The lowest BCUT2D eigenvalue weighted by Crippen LogP contribution is -2.15. The smallest absolute Gasteiger partial charge is 0.0762 e. The van der Waals surface area contributed by atoms with Gasteiger partial charge in [-0.2, -0.15) is 5.10 Å². The monoisotopic (exact) mass is 207 g/mol. The van der Waals surface area contributed by atoms with E-state index in [0.29, 0.717) is 0 Å². The summed E-state index contributed by atoms with van der Waals surface area (Å²) in [5.74, 6) is 0. The van der Waals surface area contributed by atoms with Crippen LogP contribution in [0.1, 0.15) is 44.7 Å². The molecule has 0 spiro atoms. The van der Waals surface area contributed by atoms with Crippen LogP contribution in [0.25, 0.3) is 0 Å². The highest BCUT2D eigenvalue weighted by molar-refractivity contribution is 4.99. The van der Waals surface area contributed by atoms with Crippen LogP contribution in [-0.2, 0) is 13.1 Å². The summed E-state index contributed by atoms with van der Waals surface area (Å²) in [5, 5.41) is 8.01. The van der Waals surface area contributed by atoms with Gasteiger partial charge in [-0.25, -0.2) is 0 Å². The number of aromatic nitrogens is 2. The SMILES string of the molecule is CCCCCn1ccc(CNC2CC2)n1. The van der Waals surface area contributed by atoms with E-state index < -0.39 is 0 Å². The van der Waals surface area contributed by atoms with Crippen LogP contribution >= 0.6 is 0 Å². The Hall–Kier alpha value is -0.830. The molecule has 0 amide bonds. The lowest BCUT2D eigenvalue weighted by molar-refractivity contribution is 0.542. The van der Waals surface area contributed by atoms with Crippen molar-refractivity contribution in [2.45, 2.75) is 58.2 Å². The summed E-state index contributed by atoms with van der Waals surface area (Å²) in [5.41, 5.74) is 1.18. The average molecular weight is 207 g/mol. The van der Waals surface area contributed by atoms with Gasteiger partial charge in [-0.05, 0) is 25.3 Å². The summed E-state index contributed by atoms with van der Waals surface area (Å²) >= 11 is 0. The van der Waals surface area contributed by atoms with E-state index in [4.69, 9.17) is 0 Å². The molecule has 0 unspecified atom stereocenters. The van der Waals surface area contributed by atoms with Crippen LogP contribution in [0.5, 0.6) is 0 Å². The number of nitrogens with zero attached hydrogens (tertiary/aromatic N) is 2. The molecule has 3 nitrogen and oxygen atoms in total. The second kappa shape index (κ2) is 5.31. The van der Waals surface area contributed by atoms with Gasteiger partial charge < -0.3 is 5.32 Å². The van der Waals surface area contributed by atoms with Gasteiger partial charge in [0.1, 0.15) is 0 Å². The van der Waals surface area contributed by atoms with E-state index in [9.17, 15) is 0 Å². The fourth-order valence-electron chi connectivity index (χ4n) is 1.68. The van der Waals surface area contributed by atoms with Crippen LogP contribution in [0.2, 0.25) is 0 Å². The third-order valence-corrected chi connectivity index (χ3v) is 2.84. The first-order chi connectivity index (χ1) is 7.38. The fourth-order valence-corrected chi connectivity index (χ4v) is 1.68. The molecular weight excluding hydrogens is 186 g/mol. The maximum atomic E-state index is 4.54. The molecule has 1 aliphatic rings. The molecule has 1 N–H and O–H groups in total. The van der Waals surface area contributed by atoms with Crippen LogP contribution in [0.4, 0.5) is 0 Å². The zero-order valence-electron chi connectivity index (χ0n) is 9.58. The highest BCUT2D eigenvalue weighted by atomic mass is 15.3. The summed E-state index contributed by atoms with van der Waals surface area (Å²) < 4.78 is 2.07. The lowest BCUT2D eigenvalue weighted by atomic mass is 10.2. The Balaban J connectivity index is 1.70. The molecule has 0 bridgehead atoms. The maximum absolute atomic E-state index is 4.54. The second-order valence-electron chi connectivity index (χ2n) is 4.43. The van der Waals surface area contributed by atoms with Crippen molar-refractivity contribution in [3.8, 4) is 0 Å². The standard InChI is InChI=1S/C12H21N3/c1-2-3-4-8-15-9-7-12(14-15)10-13-11-5-6-11/h7,9,11,13H,2-6,8,10H2,1H3. The maximum Gasteiger partial charge on any atom is 0.0762 e. The van der Waals surface area contributed by atoms with Gasteiger partial charge in [0.05, 0.1) is 5.69 Å². The van der Waals surface area contributed by atoms with Gasteiger partial charge in [0.25, 0.3) is 0 Å². The van der Waals surface area contributed by atoms with Gasteiger partial charge in [-0.15, -0.1) is 0 Å². The summed E-state index contributed by atoms with van der Waals surface area (Å²) in [7, 11) is 0. The van der Waals surface area contributed by atoms with E-state index >= 15 is 0 Å². The molecule has 0 atom stereocenters. The third-order valence-electron chi connectivity index (χ3n) is 2.84. The Morgan fingerprint density at radius 2 is 2.33 bits per heavy atom. The number of unbranched alkanes of at least 4 members (excludes halogenated alkanes) is 2. The van der Waals surface area contributed by atoms with Crippen molar-refractivity contribution in [2.75, 3.05) is 0 Å². The molecule has 1 aromatic heterocycles. The van der Waals surface area contributed by atoms with Gasteiger partial charge in [0, 0.05) is 25.3 Å². The molecule has 1 fully saturated rings. The predicted octanol–water partition coefficient (Wildman–Crippen LogP) is 2.33. The first-order valence-electron chi connectivity index (χ1n) is 6.14. The number of hydrogen-bond donors (Lipinski definition) is 1. The molecule has 3 heteroatoms. The van der Waals surface area contributed by atoms with Crippen molar-refractivity contribution >= 4 is 0 Å². The third kappa shape index (κ3) is 3.67. The molecule has 1 saturated carbocycles. The van der Waals surface area contributed by atoms with Crippen LogP contribution in [0.15, 0.2) is 12.3 Å². The van der Waals surface area contributed by atoms with Crippen molar-refractivity contribution in [1.29, 1.82) is 0 Å². The normalized spacial score (nSPS) is 15.8. The molecule has 84 valence electrons. The van der Waals surface area contributed by atoms with Gasteiger partial charge in [-0.1, -0.05) is 19.8 Å². The average Bonchev–Trinajstić information content (AvgIpc) is 2.97. The number of aryl methyl sites for hydroxylation is 1. The van der Waals surface area contributed by atoms with Crippen LogP contribution in [0, 0.1) is 0 Å². The molecule has 2 rings (SSSR count). The highest BCUT2D eigenvalue weighted by Gasteiger charge is 2.20. The molecule has 15 heavy (non-hydrogen) atoms. The minimum atomic E-state index is 0.773. The van der Waals surface area contributed by atoms with Gasteiger partial charge in [0.15, 0.2) is 0 Å². The summed E-state index contributed by atoms with van der Waals surface area (Å²) in [6.45, 7) is 4.23. The predicted molar refractivity (Wildman–Crippen MR) is 61.6 cm³/mol.